The number of rotatable bonds is 11. The molecule has 3 aromatic carbocycles. The summed E-state index contributed by atoms with van der Waals surface area (Å²) in [6.07, 6.45) is 3.74. The van der Waals surface area contributed by atoms with Gasteiger partial charge in [-0.2, -0.15) is 0 Å². The zero-order valence-electron chi connectivity index (χ0n) is 23.0. The van der Waals surface area contributed by atoms with Gasteiger partial charge in [-0.15, -0.1) is 0 Å². The molecule has 5 heteroatoms. The van der Waals surface area contributed by atoms with Gasteiger partial charge in [0.25, 0.3) is 5.91 Å². The summed E-state index contributed by atoms with van der Waals surface area (Å²) in [5.41, 5.74) is 4.55. The zero-order chi connectivity index (χ0) is 27.1. The molecule has 1 atom stereocenters. The maximum absolute atomic E-state index is 13.4. The summed E-state index contributed by atoms with van der Waals surface area (Å²) in [5.74, 6) is 0.733. The number of nitrogens with zero attached hydrogens (tertiary/aromatic N) is 1. The van der Waals surface area contributed by atoms with E-state index in [-0.39, 0.29) is 17.9 Å². The van der Waals surface area contributed by atoms with Gasteiger partial charge in [-0.3, -0.25) is 9.59 Å². The Kier molecular flexibility index (Phi) is 8.88. The van der Waals surface area contributed by atoms with Crippen LogP contribution in [0.5, 0.6) is 5.75 Å². The summed E-state index contributed by atoms with van der Waals surface area (Å²) in [4.78, 5) is 28.1. The van der Waals surface area contributed by atoms with Crippen molar-refractivity contribution in [2.24, 2.45) is 5.41 Å². The van der Waals surface area contributed by atoms with Gasteiger partial charge >= 0.3 is 5.97 Å². The number of anilines is 1. The Morgan fingerprint density at radius 3 is 2.45 bits per heavy atom. The van der Waals surface area contributed by atoms with Crippen LogP contribution in [0.25, 0.3) is 0 Å². The molecule has 1 aliphatic rings. The van der Waals surface area contributed by atoms with Crippen LogP contribution in [0.15, 0.2) is 72.8 Å². The van der Waals surface area contributed by atoms with E-state index in [1.807, 2.05) is 80.3 Å². The Hall–Kier alpha value is -3.60. The lowest BCUT2D eigenvalue weighted by atomic mass is 9.88. The van der Waals surface area contributed by atoms with Crippen molar-refractivity contribution in [3.8, 4) is 5.75 Å². The monoisotopic (exact) mass is 513 g/mol. The van der Waals surface area contributed by atoms with E-state index in [2.05, 4.69) is 25.1 Å². The van der Waals surface area contributed by atoms with Crippen LogP contribution in [0, 0.1) is 19.3 Å². The van der Waals surface area contributed by atoms with Crippen LogP contribution in [-0.4, -0.2) is 31.1 Å². The second-order valence-corrected chi connectivity index (χ2v) is 10.9. The minimum Gasteiger partial charge on any atom is -0.493 e. The second-order valence-electron chi connectivity index (χ2n) is 10.9. The van der Waals surface area contributed by atoms with Crippen molar-refractivity contribution in [1.82, 2.24) is 0 Å². The van der Waals surface area contributed by atoms with Crippen molar-refractivity contribution in [2.45, 2.75) is 65.8 Å². The molecule has 200 valence electrons. The van der Waals surface area contributed by atoms with Crippen LogP contribution < -0.4 is 9.64 Å². The lowest BCUT2D eigenvalue weighted by Gasteiger charge is -2.26. The van der Waals surface area contributed by atoms with Crippen LogP contribution >= 0.6 is 0 Å². The van der Waals surface area contributed by atoms with Crippen molar-refractivity contribution in [3.05, 3.63) is 95.1 Å². The highest BCUT2D eigenvalue weighted by Crippen LogP contribution is 2.35. The number of amides is 1. The van der Waals surface area contributed by atoms with Crippen molar-refractivity contribution in [3.63, 3.8) is 0 Å². The van der Waals surface area contributed by atoms with Crippen molar-refractivity contribution < 1.29 is 19.1 Å². The molecule has 1 aliphatic heterocycles. The predicted octanol–water partition coefficient (Wildman–Crippen LogP) is 7.08. The number of aryl methyl sites for hydroxylation is 2. The van der Waals surface area contributed by atoms with E-state index in [9.17, 15) is 9.59 Å². The van der Waals surface area contributed by atoms with Gasteiger partial charge in [-0.1, -0.05) is 48.5 Å². The molecule has 4 rings (SSSR count). The number of hydrogen-bond donors (Lipinski definition) is 0. The van der Waals surface area contributed by atoms with E-state index >= 15 is 0 Å². The Balaban J connectivity index is 1.25. The van der Waals surface area contributed by atoms with Gasteiger partial charge in [-0.25, -0.2) is 0 Å². The van der Waals surface area contributed by atoms with Gasteiger partial charge in [0.2, 0.25) is 0 Å². The number of carbonyl (C=O) groups excluding carboxylic acids is 2. The lowest BCUT2D eigenvalue weighted by molar-refractivity contribution is -0.154. The fourth-order valence-corrected chi connectivity index (χ4v) is 5.03. The molecule has 0 aliphatic carbocycles. The minimum absolute atomic E-state index is 0.0155. The highest BCUT2D eigenvalue weighted by Gasteiger charge is 2.34. The lowest BCUT2D eigenvalue weighted by Crippen LogP contribution is -2.38. The Labute approximate surface area is 226 Å². The molecule has 1 amide bonds. The molecule has 0 spiro atoms. The standard InChI is InChI=1S/C33H39NO4/c1-24-17-18-25(2)30(22-24)37-21-11-19-33(3,4)32(36)38-20-10-15-28-23-27-14-8-9-16-29(27)34(28)31(35)26-12-6-5-7-13-26/h5-9,12-14,16-18,22,28H,10-11,15,19-21,23H2,1-4H3. The van der Waals surface area contributed by atoms with E-state index in [0.717, 1.165) is 36.3 Å². The minimum atomic E-state index is -0.579. The number of esters is 1. The van der Waals surface area contributed by atoms with Crippen molar-refractivity contribution in [2.75, 3.05) is 18.1 Å². The molecule has 0 bridgehead atoms. The molecule has 0 radical (unpaired) electrons. The smallest absolute Gasteiger partial charge is 0.311 e. The zero-order valence-corrected chi connectivity index (χ0v) is 23.0. The third-order valence-corrected chi connectivity index (χ3v) is 7.33. The van der Waals surface area contributed by atoms with Gasteiger partial charge in [0.1, 0.15) is 5.75 Å². The first-order valence-electron chi connectivity index (χ1n) is 13.6. The summed E-state index contributed by atoms with van der Waals surface area (Å²) in [6, 6.07) is 23.7. The van der Waals surface area contributed by atoms with Crippen LogP contribution in [0.3, 0.4) is 0 Å². The molecular formula is C33H39NO4. The SMILES string of the molecule is Cc1ccc(C)c(OCCCC(C)(C)C(=O)OCCCC2Cc3ccccc3N2C(=O)c2ccccc2)c1. The largest absolute Gasteiger partial charge is 0.493 e. The summed E-state index contributed by atoms with van der Waals surface area (Å²) in [6.45, 7) is 8.87. The molecule has 0 saturated carbocycles. The maximum atomic E-state index is 13.4. The van der Waals surface area contributed by atoms with Crippen molar-refractivity contribution in [1.29, 1.82) is 0 Å². The Morgan fingerprint density at radius 1 is 0.921 bits per heavy atom. The highest BCUT2D eigenvalue weighted by atomic mass is 16.5. The molecule has 0 fully saturated rings. The average Bonchev–Trinajstić information content (AvgIpc) is 3.29. The molecule has 0 N–H and O–H groups in total. The Bertz CT molecular complexity index is 1250. The number of carbonyl (C=O) groups is 2. The first kappa shape index (κ1) is 27.4. The number of hydrogen-bond acceptors (Lipinski definition) is 4. The van der Waals surface area contributed by atoms with Gasteiger partial charge in [0, 0.05) is 17.3 Å². The maximum Gasteiger partial charge on any atom is 0.311 e. The first-order valence-corrected chi connectivity index (χ1v) is 13.6. The van der Waals surface area contributed by atoms with Gasteiger partial charge in [-0.05, 0) is 101 Å². The molecule has 1 heterocycles. The molecular weight excluding hydrogens is 474 g/mol. The van der Waals surface area contributed by atoms with Gasteiger partial charge in [0.15, 0.2) is 0 Å². The molecule has 0 aromatic heterocycles. The quantitative estimate of drug-likeness (QED) is 0.203. The topological polar surface area (TPSA) is 55.8 Å². The molecule has 3 aromatic rings. The summed E-state index contributed by atoms with van der Waals surface area (Å²) < 4.78 is 11.6. The van der Waals surface area contributed by atoms with E-state index < -0.39 is 5.41 Å². The van der Waals surface area contributed by atoms with E-state index in [1.165, 1.54) is 11.1 Å². The summed E-state index contributed by atoms with van der Waals surface area (Å²) in [5, 5.41) is 0. The normalized spacial score (nSPS) is 14.7. The fourth-order valence-electron chi connectivity index (χ4n) is 5.03. The number of ether oxygens (including phenoxy) is 2. The molecule has 5 nitrogen and oxygen atoms in total. The van der Waals surface area contributed by atoms with Crippen LogP contribution in [0.1, 0.15) is 66.6 Å². The fraction of sp³-hybridized carbons (Fsp3) is 0.394. The van der Waals surface area contributed by atoms with E-state index in [0.29, 0.717) is 31.6 Å². The Morgan fingerprint density at radius 2 is 1.66 bits per heavy atom. The van der Waals surface area contributed by atoms with E-state index in [1.54, 1.807) is 0 Å². The molecule has 38 heavy (non-hydrogen) atoms. The second kappa shape index (κ2) is 12.3. The van der Waals surface area contributed by atoms with Crippen molar-refractivity contribution >= 4 is 17.6 Å². The van der Waals surface area contributed by atoms with Gasteiger partial charge in [0.05, 0.1) is 18.6 Å². The van der Waals surface area contributed by atoms with Crippen LogP contribution in [0.4, 0.5) is 5.69 Å². The first-order chi connectivity index (χ1) is 18.3. The third kappa shape index (κ3) is 6.63. The summed E-state index contributed by atoms with van der Waals surface area (Å²) in [7, 11) is 0. The predicted molar refractivity (Wildman–Crippen MR) is 152 cm³/mol. The molecule has 0 saturated heterocycles. The van der Waals surface area contributed by atoms with Crippen LogP contribution in [-0.2, 0) is 16.0 Å². The number of fused-ring (bicyclic) bond motifs is 1. The number of para-hydroxylation sites is 1. The van der Waals surface area contributed by atoms with E-state index in [4.69, 9.17) is 9.47 Å². The summed E-state index contributed by atoms with van der Waals surface area (Å²) >= 11 is 0. The third-order valence-electron chi connectivity index (χ3n) is 7.33. The molecule has 1 unspecified atom stereocenters. The van der Waals surface area contributed by atoms with Crippen LogP contribution in [0.2, 0.25) is 0 Å². The highest BCUT2D eigenvalue weighted by molar-refractivity contribution is 6.07. The number of benzene rings is 3. The average molecular weight is 514 g/mol. The van der Waals surface area contributed by atoms with Gasteiger partial charge < -0.3 is 14.4 Å².